The van der Waals surface area contributed by atoms with Gasteiger partial charge >= 0.3 is 0 Å². The normalized spacial score (nSPS) is 19.9. The Bertz CT molecular complexity index is 628. The summed E-state index contributed by atoms with van der Waals surface area (Å²) in [6.45, 7) is 8.83. The number of carbonyl (C=O) groups is 2. The number of amides is 2. The smallest absolute Gasteiger partial charge is 0.257 e. The minimum atomic E-state index is -0.760. The fourth-order valence-electron chi connectivity index (χ4n) is 2.14. The molecule has 1 rings (SSSR count). The Morgan fingerprint density at radius 3 is 2.68 bits per heavy atom. The van der Waals surface area contributed by atoms with Crippen LogP contribution in [0.25, 0.3) is 0 Å². The molecular weight excluding hydrogens is 391 g/mol. The Morgan fingerprint density at radius 1 is 1.32 bits per heavy atom. The molecule has 2 amide bonds. The fraction of sp³-hybridized carbons (Fsp3) is 0.474. The molecule has 1 aliphatic heterocycles. The number of hydrogen-bond donors (Lipinski definition) is 2. The van der Waals surface area contributed by atoms with E-state index in [1.54, 1.807) is 0 Å². The average Bonchev–Trinajstić information content (AvgIpc) is 2.67. The maximum absolute atomic E-state index is 12.6. The van der Waals surface area contributed by atoms with Gasteiger partial charge in [-0.15, -0.1) is 0 Å². The van der Waals surface area contributed by atoms with Crippen LogP contribution in [-0.4, -0.2) is 37.2 Å². The third kappa shape index (κ3) is 9.68. The van der Waals surface area contributed by atoms with Crippen LogP contribution in [0.3, 0.4) is 0 Å². The SMILES string of the molecule is C=C(CCNC(=O)CO/C=C/C=C(/Cl)C(=C)F)NC(=O)C1CCC(CC)OO1. The first-order valence-corrected chi connectivity index (χ1v) is 9.27. The second kappa shape index (κ2) is 13.1. The lowest BCUT2D eigenvalue weighted by Crippen LogP contribution is -2.40. The van der Waals surface area contributed by atoms with Gasteiger partial charge in [-0.25, -0.2) is 14.2 Å². The van der Waals surface area contributed by atoms with E-state index in [2.05, 4.69) is 23.8 Å². The Kier molecular flexibility index (Phi) is 11.2. The maximum Gasteiger partial charge on any atom is 0.257 e. The molecule has 0 aromatic rings. The lowest BCUT2D eigenvalue weighted by atomic mass is 10.1. The lowest BCUT2D eigenvalue weighted by molar-refractivity contribution is -0.365. The molecule has 1 aliphatic rings. The first kappa shape index (κ1) is 23.9. The van der Waals surface area contributed by atoms with Crippen LogP contribution in [-0.2, 0) is 24.1 Å². The molecule has 0 aromatic heterocycles. The predicted octanol–water partition coefficient (Wildman–Crippen LogP) is 3.15. The summed E-state index contributed by atoms with van der Waals surface area (Å²) in [6.07, 6.45) is 5.69. The molecule has 0 aromatic carbocycles. The summed E-state index contributed by atoms with van der Waals surface area (Å²) >= 11 is 5.50. The summed E-state index contributed by atoms with van der Waals surface area (Å²) in [4.78, 5) is 33.9. The Hall–Kier alpha value is -2.16. The Labute approximate surface area is 169 Å². The zero-order valence-corrected chi connectivity index (χ0v) is 16.6. The lowest BCUT2D eigenvalue weighted by Gasteiger charge is -2.26. The summed E-state index contributed by atoms with van der Waals surface area (Å²) < 4.78 is 17.5. The number of hydrogen-bond acceptors (Lipinski definition) is 5. The molecule has 0 saturated carbocycles. The van der Waals surface area contributed by atoms with Crippen LogP contribution in [0.15, 0.2) is 48.1 Å². The Balaban J connectivity index is 2.16. The van der Waals surface area contributed by atoms with Crippen molar-refractivity contribution in [3.8, 4) is 0 Å². The maximum atomic E-state index is 12.6. The van der Waals surface area contributed by atoms with E-state index in [9.17, 15) is 14.0 Å². The predicted molar refractivity (Wildman–Crippen MR) is 103 cm³/mol. The van der Waals surface area contributed by atoms with Crippen LogP contribution in [0.4, 0.5) is 4.39 Å². The van der Waals surface area contributed by atoms with Crippen molar-refractivity contribution < 1.29 is 28.5 Å². The number of halogens is 2. The Morgan fingerprint density at radius 2 is 2.07 bits per heavy atom. The summed E-state index contributed by atoms with van der Waals surface area (Å²) in [5.74, 6) is -1.44. The molecule has 0 aliphatic carbocycles. The van der Waals surface area contributed by atoms with Gasteiger partial charge in [-0.3, -0.25) is 9.59 Å². The van der Waals surface area contributed by atoms with E-state index in [1.807, 2.05) is 6.92 Å². The van der Waals surface area contributed by atoms with Gasteiger partial charge in [0.1, 0.15) is 5.83 Å². The van der Waals surface area contributed by atoms with Crippen molar-refractivity contribution in [2.75, 3.05) is 13.2 Å². The quantitative estimate of drug-likeness (QED) is 0.307. The van der Waals surface area contributed by atoms with Crippen molar-refractivity contribution in [1.29, 1.82) is 0 Å². The molecule has 28 heavy (non-hydrogen) atoms. The topological polar surface area (TPSA) is 85.9 Å². The van der Waals surface area contributed by atoms with Crippen molar-refractivity contribution in [1.82, 2.24) is 10.6 Å². The highest BCUT2D eigenvalue weighted by molar-refractivity contribution is 6.31. The number of nitrogens with one attached hydrogen (secondary N) is 2. The van der Waals surface area contributed by atoms with Crippen LogP contribution in [0, 0.1) is 0 Å². The number of rotatable bonds is 11. The zero-order valence-electron chi connectivity index (χ0n) is 15.8. The molecule has 0 bridgehead atoms. The summed E-state index contributed by atoms with van der Waals surface area (Å²) in [5.41, 5.74) is 0.457. The van der Waals surface area contributed by atoms with Crippen LogP contribution in [0.5, 0.6) is 0 Å². The van der Waals surface area contributed by atoms with Crippen LogP contribution in [0.1, 0.15) is 32.6 Å². The van der Waals surface area contributed by atoms with Crippen molar-refractivity contribution in [2.45, 2.75) is 44.8 Å². The highest BCUT2D eigenvalue weighted by Crippen LogP contribution is 2.19. The summed E-state index contributed by atoms with van der Waals surface area (Å²) in [5, 5.41) is 5.11. The van der Waals surface area contributed by atoms with E-state index in [0.717, 1.165) is 12.8 Å². The van der Waals surface area contributed by atoms with Crippen molar-refractivity contribution in [3.63, 3.8) is 0 Å². The average molecular weight is 417 g/mol. The van der Waals surface area contributed by atoms with Crippen molar-refractivity contribution in [3.05, 3.63) is 48.1 Å². The van der Waals surface area contributed by atoms with Crippen LogP contribution in [0.2, 0.25) is 0 Å². The fourth-order valence-corrected chi connectivity index (χ4v) is 2.21. The van der Waals surface area contributed by atoms with E-state index in [1.165, 1.54) is 18.4 Å². The molecule has 2 unspecified atom stereocenters. The van der Waals surface area contributed by atoms with Gasteiger partial charge in [-0.05, 0) is 31.4 Å². The zero-order chi connectivity index (χ0) is 20.9. The van der Waals surface area contributed by atoms with Gasteiger partial charge in [0.05, 0.1) is 17.4 Å². The van der Waals surface area contributed by atoms with Gasteiger partial charge in [0.25, 0.3) is 11.8 Å². The number of carbonyl (C=O) groups excluding carboxylic acids is 2. The van der Waals surface area contributed by atoms with Gasteiger partial charge in [0.15, 0.2) is 12.7 Å². The van der Waals surface area contributed by atoms with Gasteiger partial charge in [0.2, 0.25) is 0 Å². The molecule has 1 saturated heterocycles. The highest BCUT2D eigenvalue weighted by Gasteiger charge is 2.28. The van der Waals surface area contributed by atoms with Crippen LogP contribution < -0.4 is 10.6 Å². The standard InChI is InChI=1S/C19H26ClFN2O5/c1-4-15-7-8-17(28-27-15)19(25)23-13(2)9-10-22-18(24)12-26-11-5-6-16(20)14(3)21/h5-6,11,15,17H,2-4,7-10,12H2,1H3,(H,22,24)(H,23,25)/b11-5+,16-6+. The first-order valence-electron chi connectivity index (χ1n) is 8.89. The minimum absolute atomic E-state index is 0.0238. The first-order chi connectivity index (χ1) is 13.3. The second-order valence-electron chi connectivity index (χ2n) is 6.04. The van der Waals surface area contributed by atoms with Crippen molar-refractivity contribution >= 4 is 23.4 Å². The van der Waals surface area contributed by atoms with E-state index in [0.29, 0.717) is 18.5 Å². The number of ether oxygens (including phenoxy) is 1. The van der Waals surface area contributed by atoms with Crippen LogP contribution >= 0.6 is 11.6 Å². The molecule has 0 radical (unpaired) electrons. The molecule has 156 valence electrons. The number of allylic oxidation sites excluding steroid dienone is 4. The second-order valence-corrected chi connectivity index (χ2v) is 6.45. The molecule has 7 nitrogen and oxygen atoms in total. The molecule has 1 fully saturated rings. The third-order valence-electron chi connectivity index (χ3n) is 3.75. The van der Waals surface area contributed by atoms with Gasteiger partial charge < -0.3 is 15.4 Å². The minimum Gasteiger partial charge on any atom is -0.491 e. The van der Waals surface area contributed by atoms with Gasteiger partial charge in [-0.2, -0.15) is 0 Å². The molecule has 9 heteroatoms. The monoisotopic (exact) mass is 416 g/mol. The molecule has 2 N–H and O–H groups in total. The largest absolute Gasteiger partial charge is 0.491 e. The highest BCUT2D eigenvalue weighted by atomic mass is 35.5. The summed E-state index contributed by atoms with van der Waals surface area (Å²) in [7, 11) is 0. The summed E-state index contributed by atoms with van der Waals surface area (Å²) in [6, 6.07) is 0. The third-order valence-corrected chi connectivity index (χ3v) is 4.08. The van der Waals surface area contributed by atoms with Gasteiger partial charge in [-0.1, -0.05) is 31.7 Å². The molecular formula is C19H26ClFN2O5. The van der Waals surface area contributed by atoms with E-state index >= 15 is 0 Å². The van der Waals surface area contributed by atoms with E-state index in [4.69, 9.17) is 26.1 Å². The van der Waals surface area contributed by atoms with E-state index < -0.39 is 11.9 Å². The molecule has 0 spiro atoms. The van der Waals surface area contributed by atoms with Crippen molar-refractivity contribution in [2.24, 2.45) is 0 Å². The van der Waals surface area contributed by atoms with Gasteiger partial charge in [0, 0.05) is 18.7 Å². The molecule has 2 atom stereocenters. The molecule has 1 heterocycles. The van der Waals surface area contributed by atoms with E-state index in [-0.39, 0.29) is 36.1 Å².